The van der Waals surface area contributed by atoms with E-state index < -0.39 is 11.6 Å². The van der Waals surface area contributed by atoms with Crippen molar-refractivity contribution in [2.45, 2.75) is 51.8 Å². The minimum Gasteiger partial charge on any atom is -0.476 e. The lowest BCUT2D eigenvalue weighted by Crippen LogP contribution is -2.47. The summed E-state index contributed by atoms with van der Waals surface area (Å²) in [4.78, 5) is 30.4. The Morgan fingerprint density at radius 2 is 1.90 bits per heavy atom. The van der Waals surface area contributed by atoms with Crippen molar-refractivity contribution in [1.29, 1.82) is 0 Å². The summed E-state index contributed by atoms with van der Waals surface area (Å²) in [6, 6.07) is 9.31. The molecule has 0 bridgehead atoms. The van der Waals surface area contributed by atoms with E-state index in [0.717, 1.165) is 18.4 Å². The predicted molar refractivity (Wildman–Crippen MR) is 111 cm³/mol. The van der Waals surface area contributed by atoms with Gasteiger partial charge in [-0.2, -0.15) is 0 Å². The topological polar surface area (TPSA) is 93.9 Å². The third kappa shape index (κ3) is 5.38. The van der Waals surface area contributed by atoms with Crippen LogP contribution in [0.4, 0.5) is 4.79 Å². The van der Waals surface area contributed by atoms with Crippen molar-refractivity contribution in [3.05, 3.63) is 42.4 Å². The number of imidazole rings is 1. The van der Waals surface area contributed by atoms with E-state index in [4.69, 9.17) is 9.47 Å². The first-order chi connectivity index (χ1) is 14.3. The first-order valence-electron chi connectivity index (χ1n) is 10.2. The highest BCUT2D eigenvalue weighted by Crippen LogP contribution is 2.24. The van der Waals surface area contributed by atoms with Gasteiger partial charge in [-0.3, -0.25) is 0 Å². The maximum Gasteiger partial charge on any atom is 0.410 e. The number of carboxylic acid groups (broad SMARTS) is 1. The Hall–Kier alpha value is -2.87. The fourth-order valence-electron chi connectivity index (χ4n) is 3.56. The van der Waals surface area contributed by atoms with Crippen LogP contribution in [0.2, 0.25) is 0 Å². The second-order valence-corrected chi connectivity index (χ2v) is 8.32. The van der Waals surface area contributed by atoms with Crippen LogP contribution in [-0.2, 0) is 16.0 Å². The third-order valence-electron chi connectivity index (χ3n) is 4.93. The highest BCUT2D eigenvalue weighted by atomic mass is 16.6. The molecule has 8 nitrogen and oxygen atoms in total. The molecule has 8 heteroatoms. The van der Waals surface area contributed by atoms with Crippen molar-refractivity contribution in [1.82, 2.24) is 14.5 Å². The van der Waals surface area contributed by atoms with E-state index in [-0.39, 0.29) is 17.8 Å². The molecule has 30 heavy (non-hydrogen) atoms. The Kier molecular flexibility index (Phi) is 6.77. The van der Waals surface area contributed by atoms with Crippen LogP contribution in [0.1, 0.15) is 44.1 Å². The Labute approximate surface area is 176 Å². The molecular formula is C22H29N3O5. The number of aromatic nitrogens is 2. The monoisotopic (exact) mass is 415 g/mol. The van der Waals surface area contributed by atoms with E-state index >= 15 is 0 Å². The van der Waals surface area contributed by atoms with E-state index in [1.165, 1.54) is 6.33 Å². The Morgan fingerprint density at radius 1 is 1.23 bits per heavy atom. The van der Waals surface area contributed by atoms with Crippen molar-refractivity contribution in [3.63, 3.8) is 0 Å². The number of hydrogen-bond acceptors (Lipinski definition) is 5. The van der Waals surface area contributed by atoms with E-state index in [0.29, 0.717) is 32.0 Å². The van der Waals surface area contributed by atoms with Crippen LogP contribution >= 0.6 is 0 Å². The van der Waals surface area contributed by atoms with Crippen LogP contribution in [0.25, 0.3) is 11.3 Å². The van der Waals surface area contributed by atoms with Crippen molar-refractivity contribution < 1.29 is 24.2 Å². The number of aromatic carboxylic acids is 1. The molecule has 0 radical (unpaired) electrons. The van der Waals surface area contributed by atoms with Gasteiger partial charge in [-0.25, -0.2) is 14.6 Å². The van der Waals surface area contributed by atoms with Crippen LogP contribution < -0.4 is 0 Å². The molecule has 1 fully saturated rings. The summed E-state index contributed by atoms with van der Waals surface area (Å²) in [7, 11) is 0. The molecule has 1 aliphatic heterocycles. The molecule has 1 N–H and O–H groups in total. The zero-order chi connectivity index (χ0) is 21.7. The van der Waals surface area contributed by atoms with Crippen molar-refractivity contribution in [2.24, 2.45) is 0 Å². The number of hydrogen-bond donors (Lipinski definition) is 1. The molecule has 3 rings (SSSR count). The fourth-order valence-corrected chi connectivity index (χ4v) is 3.56. The van der Waals surface area contributed by atoms with E-state index in [9.17, 15) is 14.7 Å². The Morgan fingerprint density at radius 3 is 2.50 bits per heavy atom. The molecule has 0 aliphatic carbocycles. The molecule has 0 saturated carbocycles. The maximum atomic E-state index is 12.9. The summed E-state index contributed by atoms with van der Waals surface area (Å²) in [6.07, 6.45) is 2.64. The van der Waals surface area contributed by atoms with Gasteiger partial charge < -0.3 is 24.0 Å². The Bertz CT molecular complexity index is 867. The quantitative estimate of drug-likeness (QED) is 0.774. The SMILES string of the molecule is CC(C)(C)OC(=O)N(CCn1cnc(C(=O)O)c1-c1ccccc1)C1CCOCC1. The van der Waals surface area contributed by atoms with Gasteiger partial charge in [0.05, 0.1) is 12.0 Å². The lowest BCUT2D eigenvalue weighted by atomic mass is 10.1. The standard InChI is InChI=1S/C22H29N3O5/c1-22(2,3)30-21(28)25(17-9-13-29-14-10-17)12-11-24-15-23-18(20(26)27)19(24)16-7-5-4-6-8-16/h4-8,15,17H,9-14H2,1-3H3,(H,26,27). The molecule has 1 aliphatic rings. The first kappa shape index (κ1) is 21.8. The number of carboxylic acids is 1. The molecule has 162 valence electrons. The smallest absolute Gasteiger partial charge is 0.410 e. The summed E-state index contributed by atoms with van der Waals surface area (Å²) in [5, 5.41) is 9.56. The second kappa shape index (κ2) is 9.30. The molecule has 1 aromatic carbocycles. The summed E-state index contributed by atoms with van der Waals surface area (Å²) in [6.45, 7) is 7.53. The molecule has 2 aromatic rings. The van der Waals surface area contributed by atoms with Crippen molar-refractivity contribution in [3.8, 4) is 11.3 Å². The van der Waals surface area contributed by atoms with E-state index in [1.54, 1.807) is 9.47 Å². The number of ether oxygens (including phenoxy) is 2. The highest BCUT2D eigenvalue weighted by Gasteiger charge is 2.30. The van der Waals surface area contributed by atoms with E-state index in [1.807, 2.05) is 51.1 Å². The van der Waals surface area contributed by atoms with Gasteiger partial charge in [0.15, 0.2) is 5.69 Å². The van der Waals surface area contributed by atoms with Crippen LogP contribution in [0.3, 0.4) is 0 Å². The van der Waals surface area contributed by atoms with Crippen LogP contribution in [0, 0.1) is 0 Å². The molecule has 2 heterocycles. The third-order valence-corrected chi connectivity index (χ3v) is 4.93. The lowest BCUT2D eigenvalue weighted by molar-refractivity contribution is -0.00642. The fraction of sp³-hybridized carbons (Fsp3) is 0.500. The average molecular weight is 415 g/mol. The molecule has 1 saturated heterocycles. The van der Waals surface area contributed by atoms with Crippen LogP contribution in [-0.4, -0.2) is 63.0 Å². The number of benzene rings is 1. The predicted octanol–water partition coefficient (Wildman–Crippen LogP) is 3.66. The zero-order valence-electron chi connectivity index (χ0n) is 17.7. The number of carbonyl (C=O) groups is 2. The molecule has 1 aromatic heterocycles. The summed E-state index contributed by atoms with van der Waals surface area (Å²) in [5.41, 5.74) is 0.693. The zero-order valence-corrected chi connectivity index (χ0v) is 17.7. The number of carbonyl (C=O) groups excluding carboxylic acids is 1. The van der Waals surface area contributed by atoms with Gasteiger partial charge in [-0.1, -0.05) is 30.3 Å². The van der Waals surface area contributed by atoms with Gasteiger partial charge in [0.1, 0.15) is 5.60 Å². The summed E-state index contributed by atoms with van der Waals surface area (Å²) < 4.78 is 12.9. The molecule has 0 unspecified atom stereocenters. The van der Waals surface area contributed by atoms with Gasteiger partial charge in [-0.05, 0) is 33.6 Å². The lowest BCUT2D eigenvalue weighted by Gasteiger charge is -2.35. The van der Waals surface area contributed by atoms with Crippen LogP contribution in [0.5, 0.6) is 0 Å². The van der Waals surface area contributed by atoms with Crippen molar-refractivity contribution in [2.75, 3.05) is 19.8 Å². The molecular weight excluding hydrogens is 386 g/mol. The first-order valence-corrected chi connectivity index (χ1v) is 10.2. The Balaban J connectivity index is 1.84. The largest absolute Gasteiger partial charge is 0.476 e. The van der Waals surface area contributed by atoms with Crippen molar-refractivity contribution >= 4 is 12.1 Å². The van der Waals surface area contributed by atoms with Gasteiger partial charge >= 0.3 is 12.1 Å². The van der Waals surface area contributed by atoms with Crippen LogP contribution in [0.15, 0.2) is 36.7 Å². The number of nitrogens with zero attached hydrogens (tertiary/aromatic N) is 3. The highest BCUT2D eigenvalue weighted by molar-refractivity contribution is 5.93. The van der Waals surface area contributed by atoms with E-state index in [2.05, 4.69) is 4.98 Å². The normalized spacial score (nSPS) is 15.0. The maximum absolute atomic E-state index is 12.9. The molecule has 0 spiro atoms. The summed E-state index contributed by atoms with van der Waals surface area (Å²) >= 11 is 0. The second-order valence-electron chi connectivity index (χ2n) is 8.32. The van der Waals surface area contributed by atoms with Gasteiger partial charge in [0.25, 0.3) is 0 Å². The molecule has 0 atom stereocenters. The van der Waals surface area contributed by atoms with Gasteiger partial charge in [0.2, 0.25) is 0 Å². The minimum atomic E-state index is -1.08. The minimum absolute atomic E-state index is 0.00363. The number of rotatable bonds is 6. The van der Waals surface area contributed by atoms with Gasteiger partial charge in [0, 0.05) is 37.9 Å². The van der Waals surface area contributed by atoms with Gasteiger partial charge in [-0.15, -0.1) is 0 Å². The summed E-state index contributed by atoms with van der Waals surface area (Å²) in [5.74, 6) is -1.08. The number of amides is 1. The molecule has 1 amide bonds. The average Bonchev–Trinajstić information content (AvgIpc) is 3.12.